The summed E-state index contributed by atoms with van der Waals surface area (Å²) in [6.45, 7) is 0.268. The molecule has 0 aliphatic rings. The number of amides is 1. The zero-order valence-corrected chi connectivity index (χ0v) is 13.3. The molecule has 7 heteroatoms. The van der Waals surface area contributed by atoms with Gasteiger partial charge in [0.2, 0.25) is 0 Å². The van der Waals surface area contributed by atoms with Crippen LogP contribution in [0.2, 0.25) is 0 Å². The zero-order valence-electron chi connectivity index (χ0n) is 13.3. The van der Waals surface area contributed by atoms with Crippen molar-refractivity contribution in [2.45, 2.75) is 6.54 Å². The highest BCUT2D eigenvalue weighted by Crippen LogP contribution is 2.10. The molecule has 0 unspecified atom stereocenters. The van der Waals surface area contributed by atoms with E-state index in [-0.39, 0.29) is 12.5 Å². The van der Waals surface area contributed by atoms with Gasteiger partial charge in [-0.15, -0.1) is 0 Å². The highest BCUT2D eigenvalue weighted by Gasteiger charge is 2.04. The lowest BCUT2D eigenvalue weighted by atomic mass is 10.2. The Bertz CT molecular complexity index is 828. The van der Waals surface area contributed by atoms with E-state index in [0.29, 0.717) is 17.9 Å². The fourth-order valence-electron chi connectivity index (χ4n) is 2.11. The van der Waals surface area contributed by atoms with Crippen molar-refractivity contribution in [3.8, 4) is 11.6 Å². The van der Waals surface area contributed by atoms with Crippen LogP contribution in [0.15, 0.2) is 61.3 Å². The molecule has 126 valence electrons. The Morgan fingerprint density at radius 2 is 2.04 bits per heavy atom. The predicted octanol–water partition coefficient (Wildman–Crippen LogP) is 1.78. The van der Waals surface area contributed by atoms with Gasteiger partial charge < -0.3 is 10.1 Å². The summed E-state index contributed by atoms with van der Waals surface area (Å²) in [5.41, 5.74) is 1.44. The van der Waals surface area contributed by atoms with Crippen molar-refractivity contribution in [2.24, 2.45) is 0 Å². The molecule has 1 aromatic carbocycles. The molecule has 1 amide bonds. The lowest BCUT2D eigenvalue weighted by Crippen LogP contribution is -2.28. The van der Waals surface area contributed by atoms with Crippen LogP contribution >= 0.6 is 0 Å². The molecule has 0 saturated carbocycles. The fourth-order valence-corrected chi connectivity index (χ4v) is 2.11. The highest BCUT2D eigenvalue weighted by molar-refractivity contribution is 5.77. The maximum atomic E-state index is 11.8. The van der Waals surface area contributed by atoms with Gasteiger partial charge in [0, 0.05) is 30.7 Å². The Morgan fingerprint density at radius 3 is 2.68 bits per heavy atom. The number of rotatable bonds is 7. The third kappa shape index (κ3) is 4.51. The summed E-state index contributed by atoms with van der Waals surface area (Å²) < 4.78 is 7.17. The summed E-state index contributed by atoms with van der Waals surface area (Å²) in [4.78, 5) is 30.7. The molecule has 2 aromatic heterocycles. The number of aldehydes is 1. The summed E-state index contributed by atoms with van der Waals surface area (Å²) in [5, 5.41) is 2.77. The molecule has 0 atom stereocenters. The van der Waals surface area contributed by atoms with Gasteiger partial charge >= 0.3 is 0 Å². The van der Waals surface area contributed by atoms with Crippen molar-refractivity contribution in [3.63, 3.8) is 0 Å². The Hall–Kier alpha value is -3.48. The van der Waals surface area contributed by atoms with Gasteiger partial charge in [-0.1, -0.05) is 6.07 Å². The van der Waals surface area contributed by atoms with Gasteiger partial charge in [0.15, 0.2) is 6.61 Å². The first-order valence-electron chi connectivity index (χ1n) is 7.62. The van der Waals surface area contributed by atoms with Gasteiger partial charge in [0.1, 0.15) is 24.2 Å². The Morgan fingerprint density at radius 1 is 1.20 bits per heavy atom. The number of pyridine rings is 1. The number of hydrogen-bond acceptors (Lipinski definition) is 5. The first-order chi connectivity index (χ1) is 12.2. The topological polar surface area (TPSA) is 86.1 Å². The van der Waals surface area contributed by atoms with Crippen LogP contribution in [0.4, 0.5) is 0 Å². The summed E-state index contributed by atoms with van der Waals surface area (Å²) in [6, 6.07) is 10.3. The fraction of sp³-hybridized carbons (Fsp3) is 0.111. The number of benzene rings is 1. The minimum atomic E-state index is -0.238. The summed E-state index contributed by atoms with van der Waals surface area (Å²) in [6.07, 6.45) is 7.62. The van der Waals surface area contributed by atoms with Crippen molar-refractivity contribution < 1.29 is 14.3 Å². The van der Waals surface area contributed by atoms with Crippen LogP contribution < -0.4 is 10.1 Å². The number of nitrogens with one attached hydrogen (secondary N) is 1. The molecule has 0 bridgehead atoms. The minimum Gasteiger partial charge on any atom is -0.484 e. The average Bonchev–Trinajstić information content (AvgIpc) is 3.20. The summed E-state index contributed by atoms with van der Waals surface area (Å²) >= 11 is 0. The number of imidazole rings is 1. The summed E-state index contributed by atoms with van der Waals surface area (Å²) in [7, 11) is 0. The van der Waals surface area contributed by atoms with E-state index in [9.17, 15) is 9.59 Å². The quantitative estimate of drug-likeness (QED) is 0.665. The molecule has 0 aliphatic heterocycles. The smallest absolute Gasteiger partial charge is 0.258 e. The first-order valence-corrected chi connectivity index (χ1v) is 7.62. The SMILES string of the molecule is O=Cc1ccc(OCC(=O)NCc2ccc(-n3ccnc3)nc2)cc1. The van der Waals surface area contributed by atoms with E-state index in [4.69, 9.17) is 4.74 Å². The molecule has 0 saturated heterocycles. The molecule has 0 aliphatic carbocycles. The van der Waals surface area contributed by atoms with Gasteiger partial charge in [0.05, 0.1) is 0 Å². The second-order valence-corrected chi connectivity index (χ2v) is 5.25. The summed E-state index contributed by atoms with van der Waals surface area (Å²) in [5.74, 6) is 1.06. The number of carbonyl (C=O) groups is 2. The van der Waals surface area contributed by atoms with Crippen LogP contribution in [0.1, 0.15) is 15.9 Å². The monoisotopic (exact) mass is 336 g/mol. The van der Waals surface area contributed by atoms with Crippen LogP contribution in [-0.2, 0) is 11.3 Å². The molecule has 0 radical (unpaired) electrons. The van der Waals surface area contributed by atoms with Crippen LogP contribution in [0.3, 0.4) is 0 Å². The van der Waals surface area contributed by atoms with E-state index in [2.05, 4.69) is 15.3 Å². The lowest BCUT2D eigenvalue weighted by Gasteiger charge is -2.08. The maximum Gasteiger partial charge on any atom is 0.258 e. The molecule has 7 nitrogen and oxygen atoms in total. The average molecular weight is 336 g/mol. The van der Waals surface area contributed by atoms with Crippen molar-refractivity contribution in [3.05, 3.63) is 72.4 Å². The van der Waals surface area contributed by atoms with E-state index < -0.39 is 0 Å². The van der Waals surface area contributed by atoms with Crippen LogP contribution in [0, 0.1) is 0 Å². The largest absolute Gasteiger partial charge is 0.484 e. The maximum absolute atomic E-state index is 11.8. The molecule has 1 N–H and O–H groups in total. The number of ether oxygens (including phenoxy) is 1. The molecule has 0 spiro atoms. The molecule has 2 heterocycles. The molecule has 25 heavy (non-hydrogen) atoms. The normalized spacial score (nSPS) is 10.2. The van der Waals surface area contributed by atoms with Gasteiger partial charge in [-0.05, 0) is 35.9 Å². The van der Waals surface area contributed by atoms with E-state index in [0.717, 1.165) is 17.7 Å². The highest BCUT2D eigenvalue weighted by atomic mass is 16.5. The zero-order chi connectivity index (χ0) is 17.5. The number of aromatic nitrogens is 3. The van der Waals surface area contributed by atoms with E-state index in [1.54, 1.807) is 47.6 Å². The molecular weight excluding hydrogens is 320 g/mol. The standard InChI is InChI=1S/C18H16N4O3/c23-11-14-1-4-16(5-2-14)25-12-18(24)21-10-15-3-6-17(20-9-15)22-8-7-19-13-22/h1-9,11,13H,10,12H2,(H,21,24). The van der Waals surface area contributed by atoms with E-state index in [1.165, 1.54) is 0 Å². The number of carbonyl (C=O) groups excluding carboxylic acids is 2. The van der Waals surface area contributed by atoms with Crippen molar-refractivity contribution >= 4 is 12.2 Å². The van der Waals surface area contributed by atoms with Gasteiger partial charge in [-0.3, -0.25) is 14.2 Å². The molecule has 3 rings (SSSR count). The van der Waals surface area contributed by atoms with E-state index in [1.807, 2.05) is 18.3 Å². The third-order valence-corrected chi connectivity index (χ3v) is 3.45. The Balaban J connectivity index is 1.46. The van der Waals surface area contributed by atoms with Crippen molar-refractivity contribution in [2.75, 3.05) is 6.61 Å². The molecular formula is C18H16N4O3. The van der Waals surface area contributed by atoms with E-state index >= 15 is 0 Å². The predicted molar refractivity (Wildman–Crippen MR) is 90.5 cm³/mol. The van der Waals surface area contributed by atoms with Crippen molar-refractivity contribution in [1.82, 2.24) is 19.9 Å². The second-order valence-electron chi connectivity index (χ2n) is 5.25. The van der Waals surface area contributed by atoms with Crippen LogP contribution in [-0.4, -0.2) is 33.3 Å². The Kier molecular flexibility index (Phi) is 5.16. The Labute approximate surface area is 144 Å². The third-order valence-electron chi connectivity index (χ3n) is 3.45. The molecule has 0 fully saturated rings. The minimum absolute atomic E-state index is 0.0962. The van der Waals surface area contributed by atoms with Gasteiger partial charge in [0.25, 0.3) is 5.91 Å². The molecule has 3 aromatic rings. The van der Waals surface area contributed by atoms with Gasteiger partial charge in [-0.2, -0.15) is 0 Å². The van der Waals surface area contributed by atoms with Gasteiger partial charge in [-0.25, -0.2) is 9.97 Å². The van der Waals surface area contributed by atoms with Crippen LogP contribution in [0.5, 0.6) is 5.75 Å². The van der Waals surface area contributed by atoms with Crippen LogP contribution in [0.25, 0.3) is 5.82 Å². The lowest BCUT2D eigenvalue weighted by molar-refractivity contribution is -0.123. The second kappa shape index (κ2) is 7.87. The first kappa shape index (κ1) is 16.4. The number of nitrogens with zero attached hydrogens (tertiary/aromatic N) is 3. The number of hydrogen-bond donors (Lipinski definition) is 1. The van der Waals surface area contributed by atoms with Crippen molar-refractivity contribution in [1.29, 1.82) is 0 Å².